The summed E-state index contributed by atoms with van der Waals surface area (Å²) in [4.78, 5) is 26.7. The summed E-state index contributed by atoms with van der Waals surface area (Å²) < 4.78 is 41.1. The third-order valence-electron chi connectivity index (χ3n) is 11.3. The second kappa shape index (κ2) is 12.2. The van der Waals surface area contributed by atoms with Gasteiger partial charge >= 0.3 is 6.18 Å². The van der Waals surface area contributed by atoms with Crippen molar-refractivity contribution in [1.82, 2.24) is 29.7 Å². The van der Waals surface area contributed by atoms with Gasteiger partial charge in [-0.3, -0.25) is 9.69 Å². The molecule has 2 saturated heterocycles. The van der Waals surface area contributed by atoms with Crippen molar-refractivity contribution in [1.29, 1.82) is 5.26 Å². The van der Waals surface area contributed by atoms with E-state index in [4.69, 9.17) is 0 Å². The van der Waals surface area contributed by atoms with Crippen LogP contribution in [0, 0.1) is 23.7 Å². The first-order valence-corrected chi connectivity index (χ1v) is 18.2. The number of fused-ring (bicyclic) bond motifs is 2. The van der Waals surface area contributed by atoms with E-state index in [0.29, 0.717) is 28.1 Å². The number of benzene rings is 1. The molecule has 2 N–H and O–H groups in total. The van der Waals surface area contributed by atoms with E-state index in [1.54, 1.807) is 6.07 Å². The molecule has 4 aromatic rings. The molecule has 3 saturated carbocycles. The fourth-order valence-electron chi connectivity index (χ4n) is 8.79. The first-order valence-electron chi connectivity index (χ1n) is 17.3. The zero-order valence-corrected chi connectivity index (χ0v) is 28.5. The fourth-order valence-corrected chi connectivity index (χ4v) is 9.81. The molecule has 5 fully saturated rings. The van der Waals surface area contributed by atoms with Crippen molar-refractivity contribution in [2.45, 2.75) is 89.1 Å². The van der Waals surface area contributed by atoms with Crippen molar-refractivity contribution in [3.8, 4) is 6.07 Å². The molecule has 0 radical (unpaired) electrons. The number of aryl methyl sites for hydroxylation is 1. The number of hydrogen-bond donors (Lipinski definition) is 2. The van der Waals surface area contributed by atoms with Crippen LogP contribution < -0.4 is 10.6 Å². The number of amides is 1. The van der Waals surface area contributed by atoms with Gasteiger partial charge in [0.2, 0.25) is 5.91 Å². The highest BCUT2D eigenvalue weighted by Crippen LogP contribution is 2.68. The number of carbonyl (C=O) groups excluding carboxylic acids is 1. The van der Waals surface area contributed by atoms with Crippen LogP contribution in [0.15, 0.2) is 30.6 Å². The number of alkyl halides is 3. The maximum atomic E-state index is 13.0. The maximum absolute atomic E-state index is 13.0. The van der Waals surface area contributed by atoms with E-state index in [0.717, 1.165) is 100 Å². The Balaban J connectivity index is 0.873. The highest BCUT2D eigenvalue weighted by molar-refractivity contribution is 7.18. The summed E-state index contributed by atoms with van der Waals surface area (Å²) in [6, 6.07) is 10.6. The number of carbonyl (C=O) groups is 1. The molecule has 0 spiro atoms. The van der Waals surface area contributed by atoms with Gasteiger partial charge in [0.1, 0.15) is 28.7 Å². The molecule has 0 unspecified atom stereocenters. The number of halogens is 3. The molecule has 2 aliphatic heterocycles. The molecule has 9 nitrogen and oxygen atoms in total. The molecular formula is C36H41F3N8OS. The van der Waals surface area contributed by atoms with Gasteiger partial charge in [0.15, 0.2) is 0 Å². The SMILES string of the molecule is Cc1c(CN2CCC(Nc3ncnc4sc(CC(F)(F)F)cc34)CC2)ccc2c1cc(C#N)n2CC12CC(NC(=O)CCN3CCC3)(C1)C2. The standard InChI is InChI=1S/C36H41F3N8OS/c1-23-24(17-46-10-5-25(6-11-46)43-32-29-14-27(15-36(37,38)39)49-33(29)42-22-41-32)3-4-30-28(23)13-26(16-40)47(30)21-34-18-35(19-34,20-34)44-31(48)7-12-45-8-2-9-45/h3-4,13-14,22,25H,2,5-12,15,17-21H2,1H3,(H,44,48)(H,41,42,43). The van der Waals surface area contributed by atoms with E-state index in [-0.39, 0.29) is 27.8 Å². The lowest BCUT2D eigenvalue weighted by molar-refractivity contribution is -0.171. The molecule has 49 heavy (non-hydrogen) atoms. The number of thiophene rings is 1. The highest BCUT2D eigenvalue weighted by atomic mass is 32.1. The molecule has 5 aliphatic rings. The van der Waals surface area contributed by atoms with Crippen LogP contribution in [-0.4, -0.2) is 80.7 Å². The van der Waals surface area contributed by atoms with Crippen LogP contribution in [0.5, 0.6) is 0 Å². The van der Waals surface area contributed by atoms with E-state index in [1.807, 2.05) is 6.07 Å². The topological polar surface area (TPSA) is 102 Å². The van der Waals surface area contributed by atoms with Crippen molar-refractivity contribution in [3.63, 3.8) is 0 Å². The van der Waals surface area contributed by atoms with Gasteiger partial charge in [0.05, 0.1) is 11.8 Å². The Morgan fingerprint density at radius 3 is 2.55 bits per heavy atom. The number of likely N-dealkylation sites (tertiary alicyclic amines) is 2. The van der Waals surface area contributed by atoms with E-state index < -0.39 is 12.6 Å². The monoisotopic (exact) mass is 690 g/mol. The predicted molar refractivity (Wildman–Crippen MR) is 183 cm³/mol. The van der Waals surface area contributed by atoms with E-state index in [9.17, 15) is 23.2 Å². The van der Waals surface area contributed by atoms with Crippen LogP contribution in [-0.2, 0) is 24.3 Å². The normalized spacial score (nSPS) is 24.3. The van der Waals surface area contributed by atoms with Crippen LogP contribution >= 0.6 is 11.3 Å². The number of nitrogens with zero attached hydrogens (tertiary/aromatic N) is 6. The largest absolute Gasteiger partial charge is 0.393 e. The van der Waals surface area contributed by atoms with Gasteiger partial charge in [-0.05, 0) is 93.3 Å². The summed E-state index contributed by atoms with van der Waals surface area (Å²) in [6.07, 6.45) is 2.75. The molecule has 9 rings (SSSR count). The maximum Gasteiger partial charge on any atom is 0.393 e. The Morgan fingerprint density at radius 2 is 1.86 bits per heavy atom. The van der Waals surface area contributed by atoms with E-state index in [1.165, 1.54) is 23.9 Å². The number of nitrogens with one attached hydrogen (secondary N) is 2. The summed E-state index contributed by atoms with van der Waals surface area (Å²) in [7, 11) is 0. The number of anilines is 1. The van der Waals surface area contributed by atoms with Crippen LogP contribution in [0.2, 0.25) is 0 Å². The average Bonchev–Trinajstić information content (AvgIpc) is 3.57. The summed E-state index contributed by atoms with van der Waals surface area (Å²) in [5, 5.41) is 18.7. The minimum atomic E-state index is -4.26. The molecular weight excluding hydrogens is 650 g/mol. The van der Waals surface area contributed by atoms with Crippen LogP contribution in [0.4, 0.5) is 19.0 Å². The molecule has 5 heterocycles. The van der Waals surface area contributed by atoms with Crippen molar-refractivity contribution >= 4 is 44.2 Å². The third-order valence-corrected chi connectivity index (χ3v) is 12.3. The van der Waals surface area contributed by atoms with Crippen LogP contribution in [0.1, 0.15) is 66.6 Å². The Bertz CT molecular complexity index is 1930. The smallest absolute Gasteiger partial charge is 0.367 e. The first-order chi connectivity index (χ1) is 23.5. The van der Waals surface area contributed by atoms with Crippen LogP contribution in [0.25, 0.3) is 21.1 Å². The number of piperidine rings is 1. The van der Waals surface area contributed by atoms with E-state index >= 15 is 0 Å². The molecule has 258 valence electrons. The molecule has 3 aromatic heterocycles. The third kappa shape index (κ3) is 6.39. The number of hydrogen-bond acceptors (Lipinski definition) is 8. The quantitative estimate of drug-likeness (QED) is 0.195. The number of aromatic nitrogens is 3. The predicted octanol–water partition coefficient (Wildman–Crippen LogP) is 6.14. The van der Waals surface area contributed by atoms with Gasteiger partial charge in [-0.15, -0.1) is 11.3 Å². The molecule has 13 heteroatoms. The Morgan fingerprint density at radius 1 is 1.08 bits per heavy atom. The molecule has 1 amide bonds. The zero-order valence-electron chi connectivity index (χ0n) is 27.7. The van der Waals surface area contributed by atoms with Gasteiger partial charge < -0.3 is 20.1 Å². The van der Waals surface area contributed by atoms with Gasteiger partial charge in [-0.2, -0.15) is 18.4 Å². The molecule has 1 aromatic carbocycles. The summed E-state index contributed by atoms with van der Waals surface area (Å²) >= 11 is 1.07. The van der Waals surface area contributed by atoms with Crippen LogP contribution in [0.3, 0.4) is 0 Å². The van der Waals surface area contributed by atoms with E-state index in [2.05, 4.69) is 60.1 Å². The molecule has 3 aliphatic carbocycles. The summed E-state index contributed by atoms with van der Waals surface area (Å²) in [5.41, 5.74) is 4.35. The van der Waals surface area contributed by atoms with Gasteiger partial charge in [-0.1, -0.05) is 6.07 Å². The fraction of sp³-hybridized carbons (Fsp3) is 0.556. The highest BCUT2D eigenvalue weighted by Gasteiger charge is 2.68. The molecule has 2 bridgehead atoms. The number of nitriles is 1. The van der Waals surface area contributed by atoms with Crippen molar-refractivity contribution in [3.05, 3.63) is 52.3 Å². The van der Waals surface area contributed by atoms with Crippen molar-refractivity contribution in [2.75, 3.05) is 38.0 Å². The van der Waals surface area contributed by atoms with Gasteiger partial charge in [-0.25, -0.2) is 9.97 Å². The summed E-state index contributed by atoms with van der Waals surface area (Å²) in [6.45, 7) is 8.61. The Labute approximate surface area is 287 Å². The lowest BCUT2D eigenvalue weighted by atomic mass is 9.39. The number of rotatable bonds is 11. The molecule has 0 atom stereocenters. The van der Waals surface area contributed by atoms with Gasteiger partial charge in [0.25, 0.3) is 0 Å². The lowest BCUT2D eigenvalue weighted by Crippen LogP contribution is -2.75. The second-order valence-corrected chi connectivity index (χ2v) is 16.1. The van der Waals surface area contributed by atoms with Gasteiger partial charge in [0, 0.05) is 66.5 Å². The minimum Gasteiger partial charge on any atom is -0.367 e. The minimum absolute atomic E-state index is 0.0427. The zero-order chi connectivity index (χ0) is 34.0. The van der Waals surface area contributed by atoms with Crippen molar-refractivity contribution < 1.29 is 18.0 Å². The summed E-state index contributed by atoms with van der Waals surface area (Å²) in [5.74, 6) is 0.767. The average molecular weight is 691 g/mol. The Hall–Kier alpha value is -3.73. The first kappa shape index (κ1) is 32.5. The Kier molecular flexibility index (Phi) is 8.12. The van der Waals surface area contributed by atoms with Crippen molar-refractivity contribution in [2.24, 2.45) is 5.41 Å². The lowest BCUT2D eigenvalue weighted by Gasteiger charge is -2.71. The second-order valence-electron chi connectivity index (χ2n) is 15.0.